The van der Waals surface area contributed by atoms with E-state index in [-0.39, 0.29) is 11.0 Å². The van der Waals surface area contributed by atoms with Crippen molar-refractivity contribution >= 4 is 6.72 Å². The summed E-state index contributed by atoms with van der Waals surface area (Å²) in [5.41, 5.74) is -0.380. The highest BCUT2D eigenvalue weighted by Crippen LogP contribution is 2.52. The summed E-state index contributed by atoms with van der Waals surface area (Å²) < 4.78 is 45.2. The third kappa shape index (κ3) is 5.90. The molecule has 0 bridgehead atoms. The summed E-state index contributed by atoms with van der Waals surface area (Å²) in [6.07, 6.45) is 9.52. The van der Waals surface area contributed by atoms with Gasteiger partial charge in [-0.3, -0.25) is 9.98 Å². The zero-order valence-electron chi connectivity index (χ0n) is 19.0. The van der Waals surface area contributed by atoms with Crippen molar-refractivity contribution < 1.29 is 17.9 Å². The number of rotatable bonds is 8. The molecule has 178 valence electrons. The van der Waals surface area contributed by atoms with E-state index in [9.17, 15) is 13.2 Å². The molecule has 1 atom stereocenters. The molecule has 0 aromatic carbocycles. The van der Waals surface area contributed by atoms with Crippen molar-refractivity contribution in [2.24, 2.45) is 10.4 Å². The highest BCUT2D eigenvalue weighted by atomic mass is 19.4. The Hall–Kier alpha value is -2.50. The number of halogens is 3. The van der Waals surface area contributed by atoms with Crippen molar-refractivity contribution in [3.05, 3.63) is 53.0 Å². The van der Waals surface area contributed by atoms with Crippen LogP contribution in [0.4, 0.5) is 13.2 Å². The fourth-order valence-corrected chi connectivity index (χ4v) is 5.18. The predicted octanol–water partition coefficient (Wildman–Crippen LogP) is 5.72. The third-order valence-electron chi connectivity index (χ3n) is 6.77. The fourth-order valence-electron chi connectivity index (χ4n) is 5.18. The van der Waals surface area contributed by atoms with Crippen LogP contribution in [0.5, 0.6) is 0 Å². The van der Waals surface area contributed by atoms with E-state index in [1.807, 2.05) is 25.2 Å². The van der Waals surface area contributed by atoms with Gasteiger partial charge in [0.2, 0.25) is 0 Å². The quantitative estimate of drug-likeness (QED) is 0.306. The van der Waals surface area contributed by atoms with Gasteiger partial charge in [-0.2, -0.15) is 18.4 Å². The lowest BCUT2D eigenvalue weighted by Gasteiger charge is -2.47. The Morgan fingerprint density at radius 1 is 1.36 bits per heavy atom. The molecule has 0 amide bonds. The standard InChI is InChI=1S/C25H31F3N4O/c1-3-4-7-21(30-2)23(11-13-33-24(18-23)8-5-6-9-24)10-12-31-16-19-14-20(15-29)22(32-17-19)25(26,27)28/h3-4,7,14,17,31H,2,5-6,8-13,16,18H2,1H3. The largest absolute Gasteiger partial charge is 0.434 e. The van der Waals surface area contributed by atoms with Crippen LogP contribution in [0.2, 0.25) is 0 Å². The van der Waals surface area contributed by atoms with Gasteiger partial charge in [0.15, 0.2) is 5.69 Å². The number of aliphatic imine (C=N–C) groups is 1. The second-order valence-electron chi connectivity index (χ2n) is 8.96. The highest BCUT2D eigenvalue weighted by Gasteiger charge is 2.48. The normalized spacial score (nSPS) is 23.2. The zero-order chi connectivity index (χ0) is 24.0. The van der Waals surface area contributed by atoms with E-state index in [1.54, 1.807) is 6.07 Å². The van der Waals surface area contributed by atoms with Crippen LogP contribution in [0, 0.1) is 16.7 Å². The number of pyridine rings is 1. The zero-order valence-corrected chi connectivity index (χ0v) is 19.0. The minimum absolute atomic E-state index is 0.100. The molecule has 1 spiro atoms. The molecule has 5 nitrogen and oxygen atoms in total. The molecule has 33 heavy (non-hydrogen) atoms. The lowest BCUT2D eigenvalue weighted by atomic mass is 9.68. The fraction of sp³-hybridized carbons (Fsp3) is 0.560. The molecule has 1 aliphatic carbocycles. The number of nitriles is 1. The maximum atomic E-state index is 13.0. The van der Waals surface area contributed by atoms with Crippen LogP contribution in [0.3, 0.4) is 0 Å². The van der Waals surface area contributed by atoms with E-state index < -0.39 is 17.4 Å². The molecule has 1 aromatic heterocycles. The van der Waals surface area contributed by atoms with Gasteiger partial charge in [-0.25, -0.2) is 0 Å². The van der Waals surface area contributed by atoms with Gasteiger partial charge in [-0.15, -0.1) is 0 Å². The number of nitrogens with one attached hydrogen (secondary N) is 1. The minimum Gasteiger partial charge on any atom is -0.375 e. The van der Waals surface area contributed by atoms with E-state index >= 15 is 0 Å². The van der Waals surface area contributed by atoms with Gasteiger partial charge in [-0.05, 0) is 70.0 Å². The van der Waals surface area contributed by atoms with Crippen molar-refractivity contribution in [1.29, 1.82) is 5.26 Å². The summed E-state index contributed by atoms with van der Waals surface area (Å²) in [6, 6.07) is 2.86. The van der Waals surface area contributed by atoms with Crippen LogP contribution in [0.25, 0.3) is 0 Å². The summed E-state index contributed by atoms with van der Waals surface area (Å²) in [5.74, 6) is 0. The lowest BCUT2D eigenvalue weighted by molar-refractivity contribution is -0.141. The third-order valence-corrected chi connectivity index (χ3v) is 6.77. The van der Waals surface area contributed by atoms with Gasteiger partial charge in [-0.1, -0.05) is 25.0 Å². The first-order valence-electron chi connectivity index (χ1n) is 11.4. The Bertz CT molecular complexity index is 942. The van der Waals surface area contributed by atoms with Crippen LogP contribution < -0.4 is 5.32 Å². The molecule has 2 heterocycles. The van der Waals surface area contributed by atoms with E-state index in [0.29, 0.717) is 25.3 Å². The number of alkyl halides is 3. The van der Waals surface area contributed by atoms with Gasteiger partial charge in [0.05, 0.1) is 11.2 Å². The smallest absolute Gasteiger partial charge is 0.375 e. The number of allylic oxidation sites excluding steroid dienone is 4. The van der Waals surface area contributed by atoms with Crippen molar-refractivity contribution in [1.82, 2.24) is 10.3 Å². The SMILES string of the molecule is C=NC(=CC=CC)C1(CCNCc2cnc(C(F)(F)F)c(C#N)c2)CCOC2(CCCC2)C1. The average Bonchev–Trinajstić information content (AvgIpc) is 3.23. The van der Waals surface area contributed by atoms with Gasteiger partial charge in [0.25, 0.3) is 0 Å². The number of nitrogens with zero attached hydrogens (tertiary/aromatic N) is 3. The van der Waals surface area contributed by atoms with Gasteiger partial charge >= 0.3 is 6.18 Å². The molecule has 1 aliphatic heterocycles. The number of hydrogen-bond donors (Lipinski definition) is 1. The second kappa shape index (κ2) is 10.6. The molecule has 1 N–H and O–H groups in total. The Kier molecular flexibility index (Phi) is 8.09. The minimum atomic E-state index is -4.64. The Morgan fingerprint density at radius 3 is 2.76 bits per heavy atom. The maximum absolute atomic E-state index is 13.0. The first-order valence-corrected chi connectivity index (χ1v) is 11.4. The lowest BCUT2D eigenvalue weighted by Crippen LogP contribution is -2.45. The topological polar surface area (TPSA) is 70.3 Å². The number of aromatic nitrogens is 1. The van der Waals surface area contributed by atoms with Crippen molar-refractivity contribution in [2.75, 3.05) is 13.2 Å². The molecule has 8 heteroatoms. The summed E-state index contributed by atoms with van der Waals surface area (Å²) in [4.78, 5) is 7.87. The van der Waals surface area contributed by atoms with Crippen molar-refractivity contribution in [2.45, 2.75) is 70.2 Å². The number of hydrogen-bond acceptors (Lipinski definition) is 5. The monoisotopic (exact) mass is 460 g/mol. The Morgan fingerprint density at radius 2 is 2.12 bits per heavy atom. The van der Waals surface area contributed by atoms with Crippen LogP contribution in [-0.2, 0) is 17.5 Å². The Balaban J connectivity index is 1.72. The molecule has 2 aliphatic rings. The van der Waals surface area contributed by atoms with Crippen LogP contribution in [-0.4, -0.2) is 30.5 Å². The van der Waals surface area contributed by atoms with Gasteiger partial charge < -0.3 is 10.1 Å². The van der Waals surface area contributed by atoms with E-state index in [1.165, 1.54) is 25.1 Å². The summed E-state index contributed by atoms with van der Waals surface area (Å²) in [6.45, 7) is 7.43. The highest BCUT2D eigenvalue weighted by molar-refractivity contribution is 5.37. The second-order valence-corrected chi connectivity index (χ2v) is 8.96. The van der Waals surface area contributed by atoms with Crippen LogP contribution in [0.15, 0.2) is 41.2 Å². The molecule has 2 fully saturated rings. The van der Waals surface area contributed by atoms with E-state index in [0.717, 1.165) is 37.8 Å². The van der Waals surface area contributed by atoms with Gasteiger partial charge in [0, 0.05) is 30.5 Å². The number of ether oxygens (including phenoxy) is 1. The summed E-state index contributed by atoms with van der Waals surface area (Å²) in [7, 11) is 0. The molecule has 3 rings (SSSR count). The predicted molar refractivity (Wildman–Crippen MR) is 122 cm³/mol. The summed E-state index contributed by atoms with van der Waals surface area (Å²) in [5, 5.41) is 12.4. The average molecular weight is 461 g/mol. The van der Waals surface area contributed by atoms with E-state index in [2.05, 4.69) is 22.0 Å². The Labute approximate surface area is 193 Å². The first-order chi connectivity index (χ1) is 15.8. The molecule has 1 saturated heterocycles. The molecular formula is C25H31F3N4O. The molecule has 1 saturated carbocycles. The van der Waals surface area contributed by atoms with Crippen LogP contribution >= 0.6 is 0 Å². The molecule has 0 radical (unpaired) electrons. The van der Waals surface area contributed by atoms with E-state index in [4.69, 9.17) is 10.00 Å². The maximum Gasteiger partial charge on any atom is 0.434 e. The molecule has 1 unspecified atom stereocenters. The van der Waals surface area contributed by atoms with Crippen molar-refractivity contribution in [3.8, 4) is 6.07 Å². The summed E-state index contributed by atoms with van der Waals surface area (Å²) >= 11 is 0. The molecular weight excluding hydrogens is 429 g/mol. The van der Waals surface area contributed by atoms with Crippen LogP contribution in [0.1, 0.15) is 68.7 Å². The van der Waals surface area contributed by atoms with Crippen molar-refractivity contribution in [3.63, 3.8) is 0 Å². The molecule has 1 aromatic rings. The van der Waals surface area contributed by atoms with Gasteiger partial charge in [0.1, 0.15) is 6.07 Å². The first kappa shape index (κ1) is 25.1.